The highest BCUT2D eigenvalue weighted by atomic mass is 19.1. The van der Waals surface area contributed by atoms with Crippen LogP contribution in [0.3, 0.4) is 0 Å². The van der Waals surface area contributed by atoms with Crippen LogP contribution in [0.1, 0.15) is 42.8 Å². The van der Waals surface area contributed by atoms with Gasteiger partial charge in [-0.25, -0.2) is 18.2 Å². The van der Waals surface area contributed by atoms with Crippen molar-refractivity contribution in [3.63, 3.8) is 0 Å². The molecule has 2 aliphatic rings. The van der Waals surface area contributed by atoms with E-state index in [-0.39, 0.29) is 42.0 Å². The SMILES string of the molecule is Cc1nccn1CC(=O)NC1CC(C2(C)c3cc(F)cc(F)c3NC2c2ccc(F)cc2)C1. The lowest BCUT2D eigenvalue weighted by Crippen LogP contribution is -2.52. The van der Waals surface area contributed by atoms with Crippen LogP contribution < -0.4 is 10.6 Å². The molecule has 2 aromatic carbocycles. The molecule has 2 N–H and O–H groups in total. The van der Waals surface area contributed by atoms with Crippen LogP contribution in [0.2, 0.25) is 0 Å². The smallest absolute Gasteiger partial charge is 0.240 e. The summed E-state index contributed by atoms with van der Waals surface area (Å²) < 4.78 is 44.2. The average Bonchev–Trinajstić information content (AvgIpc) is 3.27. The summed E-state index contributed by atoms with van der Waals surface area (Å²) in [6, 6.07) is 8.01. The first-order valence-electron chi connectivity index (χ1n) is 11.0. The van der Waals surface area contributed by atoms with E-state index in [9.17, 15) is 18.0 Å². The molecular weight excluding hydrogens is 429 g/mol. The number of aryl methyl sites for hydroxylation is 1. The lowest BCUT2D eigenvalue weighted by Gasteiger charge is -2.48. The first kappa shape index (κ1) is 21.6. The molecule has 5 nitrogen and oxygen atoms in total. The molecule has 2 heterocycles. The molecule has 5 rings (SSSR count). The van der Waals surface area contributed by atoms with Crippen LogP contribution in [0.25, 0.3) is 0 Å². The number of hydrogen-bond acceptors (Lipinski definition) is 3. The molecule has 8 heteroatoms. The number of amides is 1. The highest BCUT2D eigenvalue weighted by Crippen LogP contribution is 2.58. The molecule has 0 saturated heterocycles. The number of carbonyl (C=O) groups excluding carboxylic acids is 1. The zero-order valence-electron chi connectivity index (χ0n) is 18.4. The molecule has 172 valence electrons. The van der Waals surface area contributed by atoms with Crippen molar-refractivity contribution in [1.29, 1.82) is 0 Å². The minimum Gasteiger partial charge on any atom is -0.375 e. The number of benzene rings is 2. The summed E-state index contributed by atoms with van der Waals surface area (Å²) in [5.74, 6) is -0.874. The van der Waals surface area contributed by atoms with Gasteiger partial charge in [-0.3, -0.25) is 4.79 Å². The largest absolute Gasteiger partial charge is 0.375 e. The second kappa shape index (κ2) is 7.93. The lowest BCUT2D eigenvalue weighted by molar-refractivity contribution is -0.123. The van der Waals surface area contributed by atoms with Crippen molar-refractivity contribution in [2.24, 2.45) is 5.92 Å². The van der Waals surface area contributed by atoms with E-state index < -0.39 is 17.0 Å². The van der Waals surface area contributed by atoms with Crippen molar-refractivity contribution in [3.8, 4) is 0 Å². The van der Waals surface area contributed by atoms with E-state index in [1.54, 1.807) is 29.1 Å². The van der Waals surface area contributed by atoms with Gasteiger partial charge in [0.05, 0.1) is 11.7 Å². The van der Waals surface area contributed by atoms with Gasteiger partial charge in [0, 0.05) is 29.9 Å². The Labute approximate surface area is 190 Å². The van der Waals surface area contributed by atoms with Crippen LogP contribution in [-0.4, -0.2) is 21.5 Å². The fourth-order valence-electron chi connectivity index (χ4n) is 5.36. The molecule has 1 aliphatic carbocycles. The molecule has 0 spiro atoms. The Balaban J connectivity index is 1.37. The summed E-state index contributed by atoms with van der Waals surface area (Å²) in [7, 11) is 0. The number of hydrogen-bond donors (Lipinski definition) is 2. The normalized spacial score (nSPS) is 25.8. The number of fused-ring (bicyclic) bond motifs is 1. The van der Waals surface area contributed by atoms with Gasteiger partial charge in [-0.1, -0.05) is 19.1 Å². The Bertz CT molecular complexity index is 1200. The molecule has 3 aromatic rings. The highest BCUT2D eigenvalue weighted by Gasteiger charge is 2.54. The quantitative estimate of drug-likeness (QED) is 0.591. The summed E-state index contributed by atoms with van der Waals surface area (Å²) in [5.41, 5.74) is 1.05. The number of anilines is 1. The van der Waals surface area contributed by atoms with Crippen LogP contribution in [0.5, 0.6) is 0 Å². The number of carbonyl (C=O) groups is 1. The number of halogens is 3. The van der Waals surface area contributed by atoms with Crippen molar-refractivity contribution in [1.82, 2.24) is 14.9 Å². The van der Waals surface area contributed by atoms with Crippen LogP contribution in [0.4, 0.5) is 18.9 Å². The standard InChI is InChI=1S/C25H25F3N4O/c1-14-29-7-8-32(14)13-22(33)30-19-9-16(10-19)25(2)20-11-18(27)12-21(28)23(20)31-24(25)15-3-5-17(26)6-4-15/h3-8,11-12,16,19,24,31H,9-10,13H2,1-2H3,(H,30,33). The predicted octanol–water partition coefficient (Wildman–Crippen LogP) is 4.63. The molecule has 0 radical (unpaired) electrons. The zero-order valence-corrected chi connectivity index (χ0v) is 18.4. The summed E-state index contributed by atoms with van der Waals surface area (Å²) in [4.78, 5) is 16.6. The van der Waals surface area contributed by atoms with E-state index in [1.807, 2.05) is 13.8 Å². The molecule has 1 amide bonds. The van der Waals surface area contributed by atoms with E-state index in [0.29, 0.717) is 18.4 Å². The molecular formula is C25H25F3N4O. The summed E-state index contributed by atoms with van der Waals surface area (Å²) in [6.07, 6.45) is 4.78. The van der Waals surface area contributed by atoms with E-state index in [2.05, 4.69) is 15.6 Å². The fourth-order valence-corrected chi connectivity index (χ4v) is 5.36. The third-order valence-corrected chi connectivity index (χ3v) is 7.32. The van der Waals surface area contributed by atoms with Crippen LogP contribution in [0, 0.1) is 30.3 Å². The summed E-state index contributed by atoms with van der Waals surface area (Å²) >= 11 is 0. The highest BCUT2D eigenvalue weighted by molar-refractivity contribution is 5.76. The molecule has 1 saturated carbocycles. The predicted molar refractivity (Wildman–Crippen MR) is 118 cm³/mol. The maximum absolute atomic E-state index is 14.7. The Hall–Kier alpha value is -3.29. The van der Waals surface area contributed by atoms with Crippen LogP contribution in [0.15, 0.2) is 48.8 Å². The lowest BCUT2D eigenvalue weighted by atomic mass is 9.58. The molecule has 0 bridgehead atoms. The Morgan fingerprint density at radius 1 is 1.18 bits per heavy atom. The molecule has 1 aliphatic heterocycles. The summed E-state index contributed by atoms with van der Waals surface area (Å²) in [6.45, 7) is 4.03. The Morgan fingerprint density at radius 2 is 1.91 bits per heavy atom. The zero-order chi connectivity index (χ0) is 23.3. The average molecular weight is 454 g/mol. The third kappa shape index (κ3) is 3.67. The van der Waals surface area contributed by atoms with E-state index in [1.165, 1.54) is 18.2 Å². The van der Waals surface area contributed by atoms with Crippen molar-refractivity contribution >= 4 is 11.6 Å². The van der Waals surface area contributed by atoms with Gasteiger partial charge in [0.1, 0.15) is 29.8 Å². The second-order valence-corrected chi connectivity index (χ2v) is 9.26. The molecule has 1 fully saturated rings. The number of rotatable bonds is 5. The molecule has 2 atom stereocenters. The maximum Gasteiger partial charge on any atom is 0.240 e. The van der Waals surface area contributed by atoms with Gasteiger partial charge in [0.25, 0.3) is 0 Å². The summed E-state index contributed by atoms with van der Waals surface area (Å²) in [5, 5.41) is 6.29. The van der Waals surface area contributed by atoms with Crippen molar-refractivity contribution < 1.29 is 18.0 Å². The minimum absolute atomic E-state index is 0.0144. The first-order chi connectivity index (χ1) is 15.8. The second-order valence-electron chi connectivity index (χ2n) is 9.26. The topological polar surface area (TPSA) is 59.0 Å². The third-order valence-electron chi connectivity index (χ3n) is 7.32. The van der Waals surface area contributed by atoms with Crippen LogP contribution in [-0.2, 0) is 16.8 Å². The Morgan fingerprint density at radius 3 is 2.58 bits per heavy atom. The van der Waals surface area contributed by atoms with Gasteiger partial charge in [-0.05, 0) is 55.0 Å². The minimum atomic E-state index is -0.638. The van der Waals surface area contributed by atoms with E-state index in [4.69, 9.17) is 0 Å². The number of aromatic nitrogens is 2. The number of nitrogens with zero attached hydrogens (tertiary/aromatic N) is 2. The van der Waals surface area contributed by atoms with Gasteiger partial charge in [-0.2, -0.15) is 0 Å². The van der Waals surface area contributed by atoms with Crippen molar-refractivity contribution in [3.05, 3.63) is 83.2 Å². The first-order valence-corrected chi connectivity index (χ1v) is 11.0. The van der Waals surface area contributed by atoms with Gasteiger partial charge in [0.15, 0.2) is 0 Å². The van der Waals surface area contributed by atoms with E-state index in [0.717, 1.165) is 17.5 Å². The van der Waals surface area contributed by atoms with E-state index >= 15 is 0 Å². The number of imidazole rings is 1. The van der Waals surface area contributed by atoms with Gasteiger partial charge in [-0.15, -0.1) is 0 Å². The Kier molecular flexibility index (Phi) is 5.18. The number of nitrogens with one attached hydrogen (secondary N) is 2. The maximum atomic E-state index is 14.7. The van der Waals surface area contributed by atoms with Crippen molar-refractivity contribution in [2.45, 2.75) is 50.7 Å². The monoisotopic (exact) mass is 454 g/mol. The van der Waals surface area contributed by atoms with Crippen molar-refractivity contribution in [2.75, 3.05) is 5.32 Å². The molecule has 1 aromatic heterocycles. The molecule has 2 unspecified atom stereocenters. The van der Waals surface area contributed by atoms with Gasteiger partial charge in [0.2, 0.25) is 5.91 Å². The van der Waals surface area contributed by atoms with Crippen LogP contribution >= 0.6 is 0 Å². The fraction of sp³-hybridized carbons (Fsp3) is 0.360. The van der Waals surface area contributed by atoms with Gasteiger partial charge < -0.3 is 15.2 Å². The molecule has 33 heavy (non-hydrogen) atoms. The van der Waals surface area contributed by atoms with Gasteiger partial charge >= 0.3 is 0 Å².